The summed E-state index contributed by atoms with van der Waals surface area (Å²) in [6.45, 7) is 2.80. The van der Waals surface area contributed by atoms with E-state index in [2.05, 4.69) is 10.6 Å². The van der Waals surface area contributed by atoms with Gasteiger partial charge in [0, 0.05) is 12.6 Å². The zero-order chi connectivity index (χ0) is 18.4. The van der Waals surface area contributed by atoms with E-state index in [1.54, 1.807) is 30.3 Å². The number of aryl methyl sites for hydroxylation is 1. The average molecular weight is 361 g/mol. The van der Waals surface area contributed by atoms with Crippen molar-refractivity contribution in [2.75, 3.05) is 17.2 Å². The Bertz CT molecular complexity index is 820. The Hall–Kier alpha value is -2.86. The van der Waals surface area contributed by atoms with Crippen LogP contribution in [0.5, 0.6) is 0 Å². The molecule has 2 aromatic carbocycles. The van der Waals surface area contributed by atoms with Gasteiger partial charge in [0.15, 0.2) is 6.61 Å². The Morgan fingerprint density at radius 2 is 1.84 bits per heavy atom. The van der Waals surface area contributed by atoms with Crippen molar-refractivity contribution in [3.8, 4) is 0 Å². The molecular formula is C18H17ClN2O4. The zero-order valence-electron chi connectivity index (χ0n) is 13.8. The molecule has 0 atom stereocenters. The van der Waals surface area contributed by atoms with Crippen molar-refractivity contribution in [1.29, 1.82) is 0 Å². The highest BCUT2D eigenvalue weighted by atomic mass is 35.5. The van der Waals surface area contributed by atoms with Gasteiger partial charge in [-0.2, -0.15) is 0 Å². The van der Waals surface area contributed by atoms with Gasteiger partial charge in [-0.3, -0.25) is 9.59 Å². The summed E-state index contributed by atoms with van der Waals surface area (Å²) in [6.07, 6.45) is 0. The molecule has 2 aromatic rings. The quantitative estimate of drug-likeness (QED) is 0.800. The maximum absolute atomic E-state index is 12.0. The number of hydrogen-bond donors (Lipinski definition) is 2. The summed E-state index contributed by atoms with van der Waals surface area (Å²) >= 11 is 6.03. The van der Waals surface area contributed by atoms with Crippen LogP contribution < -0.4 is 10.6 Å². The van der Waals surface area contributed by atoms with Gasteiger partial charge in [0.1, 0.15) is 0 Å². The number of ether oxygens (including phenoxy) is 1. The summed E-state index contributed by atoms with van der Waals surface area (Å²) in [4.78, 5) is 34.9. The molecule has 0 aliphatic heterocycles. The second-order valence-corrected chi connectivity index (χ2v) is 5.78. The first-order chi connectivity index (χ1) is 11.8. The van der Waals surface area contributed by atoms with Crippen LogP contribution in [0.1, 0.15) is 22.8 Å². The third-order valence-electron chi connectivity index (χ3n) is 3.15. The predicted octanol–water partition coefficient (Wildman–Crippen LogP) is 3.40. The van der Waals surface area contributed by atoms with Crippen molar-refractivity contribution in [3.63, 3.8) is 0 Å². The lowest BCUT2D eigenvalue weighted by Gasteiger charge is -2.09. The summed E-state index contributed by atoms with van der Waals surface area (Å²) in [5, 5.41) is 5.55. The van der Waals surface area contributed by atoms with Crippen molar-refractivity contribution in [2.24, 2.45) is 0 Å². The Morgan fingerprint density at radius 3 is 2.52 bits per heavy atom. The van der Waals surface area contributed by atoms with E-state index in [1.165, 1.54) is 19.1 Å². The highest BCUT2D eigenvalue weighted by Gasteiger charge is 2.12. The molecule has 2 rings (SSSR count). The number of carbonyl (C=O) groups excluding carboxylic acids is 3. The van der Waals surface area contributed by atoms with Crippen molar-refractivity contribution in [1.82, 2.24) is 0 Å². The molecule has 0 saturated carbocycles. The molecule has 0 saturated heterocycles. The van der Waals surface area contributed by atoms with E-state index < -0.39 is 18.5 Å². The number of esters is 1. The molecule has 0 fully saturated rings. The highest BCUT2D eigenvalue weighted by molar-refractivity contribution is 6.33. The molecule has 2 N–H and O–H groups in total. The lowest BCUT2D eigenvalue weighted by atomic mass is 10.2. The standard InChI is InChI=1S/C18H17ClN2O4/c1-11-6-7-16(15(19)8-11)21-17(23)10-25-18(24)13-4-3-5-14(9-13)20-12(2)22/h3-9H,10H2,1-2H3,(H,20,22)(H,21,23). The second kappa shape index (κ2) is 8.30. The fourth-order valence-electron chi connectivity index (χ4n) is 2.05. The Kier molecular flexibility index (Phi) is 6.14. The largest absolute Gasteiger partial charge is 0.452 e. The van der Waals surface area contributed by atoms with E-state index in [-0.39, 0.29) is 11.5 Å². The Balaban J connectivity index is 1.93. The molecule has 7 heteroatoms. The van der Waals surface area contributed by atoms with E-state index in [0.29, 0.717) is 16.4 Å². The fourth-order valence-corrected chi connectivity index (χ4v) is 2.33. The van der Waals surface area contributed by atoms with Crippen molar-refractivity contribution >= 4 is 40.8 Å². The van der Waals surface area contributed by atoms with E-state index in [0.717, 1.165) is 5.56 Å². The summed E-state index contributed by atoms with van der Waals surface area (Å²) in [7, 11) is 0. The monoisotopic (exact) mass is 360 g/mol. The Labute approximate surface area is 150 Å². The third kappa shape index (κ3) is 5.61. The highest BCUT2D eigenvalue weighted by Crippen LogP contribution is 2.22. The van der Waals surface area contributed by atoms with Gasteiger partial charge in [0.2, 0.25) is 5.91 Å². The number of halogens is 1. The molecule has 0 radical (unpaired) electrons. The summed E-state index contributed by atoms with van der Waals surface area (Å²) < 4.78 is 4.98. The average Bonchev–Trinajstić information content (AvgIpc) is 2.55. The van der Waals surface area contributed by atoms with E-state index in [1.807, 2.05) is 6.92 Å². The molecule has 130 valence electrons. The van der Waals surface area contributed by atoms with Gasteiger partial charge >= 0.3 is 5.97 Å². The normalized spacial score (nSPS) is 10.0. The minimum absolute atomic E-state index is 0.229. The van der Waals surface area contributed by atoms with Crippen LogP contribution in [-0.4, -0.2) is 24.4 Å². The van der Waals surface area contributed by atoms with Crippen molar-refractivity contribution in [2.45, 2.75) is 13.8 Å². The second-order valence-electron chi connectivity index (χ2n) is 5.37. The number of carbonyl (C=O) groups is 3. The third-order valence-corrected chi connectivity index (χ3v) is 3.46. The minimum atomic E-state index is -0.669. The van der Waals surface area contributed by atoms with Crippen LogP contribution in [0.25, 0.3) is 0 Å². The first kappa shape index (κ1) is 18.5. The van der Waals surface area contributed by atoms with Gasteiger partial charge in [0.25, 0.3) is 5.91 Å². The number of anilines is 2. The lowest BCUT2D eigenvalue weighted by molar-refractivity contribution is -0.119. The first-order valence-corrected chi connectivity index (χ1v) is 7.84. The first-order valence-electron chi connectivity index (χ1n) is 7.46. The van der Waals surface area contributed by atoms with Gasteiger partial charge in [0.05, 0.1) is 16.3 Å². The fraction of sp³-hybridized carbons (Fsp3) is 0.167. The molecular weight excluding hydrogens is 344 g/mol. The van der Waals surface area contributed by atoms with E-state index in [9.17, 15) is 14.4 Å². The van der Waals surface area contributed by atoms with E-state index >= 15 is 0 Å². The number of benzene rings is 2. The number of nitrogens with one attached hydrogen (secondary N) is 2. The molecule has 25 heavy (non-hydrogen) atoms. The molecule has 0 aromatic heterocycles. The van der Waals surface area contributed by atoms with Gasteiger partial charge in [-0.05, 0) is 42.8 Å². The number of rotatable bonds is 5. The molecule has 2 amide bonds. The molecule has 0 unspecified atom stereocenters. The Morgan fingerprint density at radius 1 is 1.08 bits per heavy atom. The summed E-state index contributed by atoms with van der Waals surface area (Å²) in [5.41, 5.74) is 2.11. The zero-order valence-corrected chi connectivity index (χ0v) is 14.5. The van der Waals surface area contributed by atoms with Crippen LogP contribution in [0.2, 0.25) is 5.02 Å². The smallest absolute Gasteiger partial charge is 0.338 e. The van der Waals surface area contributed by atoms with Crippen LogP contribution in [0.4, 0.5) is 11.4 Å². The molecule has 0 bridgehead atoms. The molecule has 0 spiro atoms. The lowest BCUT2D eigenvalue weighted by Crippen LogP contribution is -2.21. The summed E-state index contributed by atoms with van der Waals surface area (Å²) in [6, 6.07) is 11.4. The van der Waals surface area contributed by atoms with Crippen LogP contribution in [0.3, 0.4) is 0 Å². The maximum Gasteiger partial charge on any atom is 0.338 e. The number of hydrogen-bond acceptors (Lipinski definition) is 4. The molecule has 0 aliphatic carbocycles. The molecule has 6 nitrogen and oxygen atoms in total. The van der Waals surface area contributed by atoms with Gasteiger partial charge < -0.3 is 15.4 Å². The van der Waals surface area contributed by atoms with Gasteiger partial charge in [-0.25, -0.2) is 4.79 Å². The van der Waals surface area contributed by atoms with Crippen LogP contribution in [-0.2, 0) is 14.3 Å². The topological polar surface area (TPSA) is 84.5 Å². The minimum Gasteiger partial charge on any atom is -0.452 e. The SMILES string of the molecule is CC(=O)Nc1cccc(C(=O)OCC(=O)Nc2ccc(C)cc2Cl)c1. The van der Waals surface area contributed by atoms with Crippen molar-refractivity contribution in [3.05, 3.63) is 58.6 Å². The summed E-state index contributed by atoms with van der Waals surface area (Å²) in [5.74, 6) is -1.42. The molecule has 0 heterocycles. The van der Waals surface area contributed by atoms with E-state index in [4.69, 9.17) is 16.3 Å². The predicted molar refractivity (Wildman–Crippen MR) is 95.8 cm³/mol. The van der Waals surface area contributed by atoms with Gasteiger partial charge in [-0.15, -0.1) is 0 Å². The van der Waals surface area contributed by atoms with Gasteiger partial charge in [-0.1, -0.05) is 23.7 Å². The van der Waals surface area contributed by atoms with Crippen LogP contribution >= 0.6 is 11.6 Å². The van der Waals surface area contributed by atoms with Crippen LogP contribution in [0, 0.1) is 6.92 Å². The molecule has 0 aliphatic rings. The number of amides is 2. The van der Waals surface area contributed by atoms with Crippen molar-refractivity contribution < 1.29 is 19.1 Å². The van der Waals surface area contributed by atoms with Crippen LogP contribution in [0.15, 0.2) is 42.5 Å². The maximum atomic E-state index is 12.0.